The van der Waals surface area contributed by atoms with Crippen molar-refractivity contribution in [3.8, 4) is 0 Å². The second kappa shape index (κ2) is 18.9. The maximum Gasteiger partial charge on any atom is 0.211 e. The molecule has 0 saturated carbocycles. The third-order valence-corrected chi connectivity index (χ3v) is 2.26. The van der Waals surface area contributed by atoms with Crippen LogP contribution < -0.4 is 4.91 Å². The molecular formula is C11H26N3O+. The maximum atomic E-state index is 8.54. The van der Waals surface area contributed by atoms with Crippen LogP contribution in [0.15, 0.2) is 0 Å². The van der Waals surface area contributed by atoms with E-state index >= 15 is 0 Å². The molecule has 0 aromatic carbocycles. The van der Waals surface area contributed by atoms with Crippen molar-refractivity contribution in [3.05, 3.63) is 0 Å². The molecule has 3 N–H and O–H groups in total. The Morgan fingerprint density at radius 1 is 0.800 bits per heavy atom. The molecule has 0 aromatic heterocycles. The van der Waals surface area contributed by atoms with Crippen molar-refractivity contribution >= 4 is 0 Å². The molecule has 0 spiro atoms. The summed E-state index contributed by atoms with van der Waals surface area (Å²) in [7, 11) is 0. The van der Waals surface area contributed by atoms with Gasteiger partial charge in [-0.05, 0) is 6.42 Å². The van der Waals surface area contributed by atoms with Gasteiger partial charge in [0.1, 0.15) is 11.1 Å². The molecule has 0 aromatic rings. The molecule has 0 saturated heterocycles. The predicted octanol–water partition coefficient (Wildman–Crippen LogP) is 3.63. The lowest BCUT2D eigenvalue weighted by Gasteiger charge is -1.99. The summed E-state index contributed by atoms with van der Waals surface area (Å²) in [5, 5.41) is 8.54. The van der Waals surface area contributed by atoms with E-state index in [1.54, 1.807) is 0 Å². The summed E-state index contributed by atoms with van der Waals surface area (Å²) in [4.78, 5) is 2.00. The Morgan fingerprint density at radius 3 is 1.47 bits per heavy atom. The molecule has 0 amide bonds. The van der Waals surface area contributed by atoms with Gasteiger partial charge in [0, 0.05) is 6.61 Å². The fourth-order valence-electron chi connectivity index (χ4n) is 1.42. The monoisotopic (exact) mass is 216 g/mol. The largest absolute Gasteiger partial charge is 0.396 e. The Bertz CT molecular complexity index is 124. The minimum absolute atomic E-state index is 0.371. The lowest BCUT2D eigenvalue weighted by atomic mass is 10.1. The average Bonchev–Trinajstić information content (AvgIpc) is 2.23. The lowest BCUT2D eigenvalue weighted by Crippen LogP contribution is -1.84. The van der Waals surface area contributed by atoms with E-state index in [-0.39, 0.29) is 0 Å². The molecule has 0 fully saturated rings. The molecule has 4 nitrogen and oxygen atoms in total. The van der Waals surface area contributed by atoms with Crippen molar-refractivity contribution in [1.29, 1.82) is 11.1 Å². The van der Waals surface area contributed by atoms with Crippen LogP contribution in [0, 0.1) is 11.1 Å². The third kappa shape index (κ3) is 24.6. The van der Waals surface area contributed by atoms with E-state index in [2.05, 4.69) is 6.92 Å². The summed E-state index contributed by atoms with van der Waals surface area (Å²) < 4.78 is 0. The van der Waals surface area contributed by atoms with E-state index in [0.29, 0.717) is 6.61 Å². The van der Waals surface area contributed by atoms with Gasteiger partial charge >= 0.3 is 0 Å². The fraction of sp³-hybridized carbons (Fsp3) is 1.00. The van der Waals surface area contributed by atoms with Crippen molar-refractivity contribution in [2.45, 2.75) is 64.7 Å². The van der Waals surface area contributed by atoms with Gasteiger partial charge in [0.2, 0.25) is 4.91 Å². The van der Waals surface area contributed by atoms with E-state index in [0.717, 1.165) is 6.42 Å². The first kappa shape index (κ1) is 16.7. The van der Waals surface area contributed by atoms with Crippen LogP contribution in [0.2, 0.25) is 0 Å². The summed E-state index contributed by atoms with van der Waals surface area (Å²) in [6, 6.07) is 0. The third-order valence-electron chi connectivity index (χ3n) is 2.26. The van der Waals surface area contributed by atoms with Gasteiger partial charge in [-0.1, -0.05) is 58.3 Å². The molecule has 0 unspecified atom stereocenters. The van der Waals surface area contributed by atoms with E-state index in [9.17, 15) is 0 Å². The summed E-state index contributed by atoms with van der Waals surface area (Å²) in [6.07, 6.45) is 11.8. The quantitative estimate of drug-likeness (QED) is 0.307. The van der Waals surface area contributed by atoms with Gasteiger partial charge in [-0.25, -0.2) is 0 Å². The van der Waals surface area contributed by atoms with Crippen molar-refractivity contribution in [2.24, 2.45) is 0 Å². The molecule has 0 atom stereocenters. The summed E-state index contributed by atoms with van der Waals surface area (Å²) in [6.45, 7) is 2.62. The average molecular weight is 216 g/mol. The van der Waals surface area contributed by atoms with Gasteiger partial charge < -0.3 is 5.11 Å². The highest BCUT2D eigenvalue weighted by Gasteiger charge is 1.90. The molecule has 15 heavy (non-hydrogen) atoms. The Balaban J connectivity index is 0. The molecule has 0 rings (SSSR count). The van der Waals surface area contributed by atoms with Crippen molar-refractivity contribution in [3.63, 3.8) is 0 Å². The molecule has 4 heteroatoms. The molecule has 0 heterocycles. The van der Waals surface area contributed by atoms with Crippen LogP contribution in [0.5, 0.6) is 0 Å². The number of rotatable bonds is 9. The zero-order valence-corrected chi connectivity index (χ0v) is 9.97. The second-order valence-corrected chi connectivity index (χ2v) is 3.66. The topological polar surface area (TPSA) is 82.0 Å². The van der Waals surface area contributed by atoms with Crippen LogP contribution in [-0.4, -0.2) is 11.7 Å². The first-order valence-corrected chi connectivity index (χ1v) is 5.97. The number of unbranched alkanes of at least 4 members (excludes halogenated alkanes) is 8. The maximum absolute atomic E-state index is 8.54. The van der Waals surface area contributed by atoms with Crippen LogP contribution in [-0.2, 0) is 0 Å². The highest BCUT2D eigenvalue weighted by atomic mass is 16.2. The highest BCUT2D eigenvalue weighted by molar-refractivity contribution is 4.45. The van der Waals surface area contributed by atoms with Gasteiger partial charge in [-0.3, -0.25) is 0 Å². The van der Waals surface area contributed by atoms with Gasteiger partial charge in [0.15, 0.2) is 0 Å². The molecule has 0 bridgehead atoms. The summed E-state index contributed by atoms with van der Waals surface area (Å²) >= 11 is 0. The van der Waals surface area contributed by atoms with Crippen molar-refractivity contribution in [2.75, 3.05) is 6.61 Å². The Hall–Kier alpha value is -0.730. The van der Waals surface area contributed by atoms with Gasteiger partial charge in [0.25, 0.3) is 0 Å². The van der Waals surface area contributed by atoms with E-state index in [1.807, 2.05) is 4.91 Å². The minimum atomic E-state index is 0.371. The van der Waals surface area contributed by atoms with Crippen LogP contribution in [0.4, 0.5) is 0 Å². The highest BCUT2D eigenvalue weighted by Crippen LogP contribution is 2.08. The molecular weight excluding hydrogens is 190 g/mol. The van der Waals surface area contributed by atoms with Gasteiger partial charge in [-0.2, -0.15) is 0 Å². The number of aliphatic hydroxyl groups excluding tert-OH is 1. The normalized spacial score (nSPS) is 8.93. The summed E-state index contributed by atoms with van der Waals surface area (Å²) in [5.41, 5.74) is 11.0. The zero-order valence-electron chi connectivity index (χ0n) is 9.97. The lowest BCUT2D eigenvalue weighted by molar-refractivity contribution is 0.282. The molecule has 0 aliphatic heterocycles. The first-order valence-electron chi connectivity index (χ1n) is 5.97. The first-order chi connectivity index (χ1) is 7.33. The number of nitrogens with zero attached hydrogens (tertiary/aromatic N) is 1. The Labute approximate surface area is 93.1 Å². The number of nitrogens with one attached hydrogen (secondary N) is 2. The molecule has 90 valence electrons. The van der Waals surface area contributed by atoms with Crippen LogP contribution in [0.25, 0.3) is 0 Å². The number of aliphatic hydroxyl groups is 1. The van der Waals surface area contributed by atoms with Crippen LogP contribution in [0.1, 0.15) is 64.7 Å². The molecule has 0 aliphatic rings. The Kier molecular flexibility index (Phi) is 21.1. The predicted molar refractivity (Wildman–Crippen MR) is 61.9 cm³/mol. The van der Waals surface area contributed by atoms with Gasteiger partial charge in [-0.15, -0.1) is 0 Å². The standard InChI is InChI=1S/C11H24O.H2N3/c1-2-3-4-5-6-7-8-9-10-11-12;1-3-2/h12H,2-11H2,1H3;1-2H/q;+1. The van der Waals surface area contributed by atoms with Crippen molar-refractivity contribution < 1.29 is 5.11 Å². The van der Waals surface area contributed by atoms with E-state index < -0.39 is 0 Å². The minimum Gasteiger partial charge on any atom is -0.396 e. The van der Waals surface area contributed by atoms with Crippen LogP contribution >= 0.6 is 0 Å². The van der Waals surface area contributed by atoms with Crippen LogP contribution in [0.3, 0.4) is 0 Å². The second-order valence-electron chi connectivity index (χ2n) is 3.66. The number of hydrogen-bond acceptors (Lipinski definition) is 3. The van der Waals surface area contributed by atoms with E-state index in [1.165, 1.54) is 51.4 Å². The van der Waals surface area contributed by atoms with E-state index in [4.69, 9.17) is 16.2 Å². The van der Waals surface area contributed by atoms with Crippen molar-refractivity contribution in [1.82, 2.24) is 4.91 Å². The van der Waals surface area contributed by atoms with Gasteiger partial charge in [0.05, 0.1) is 0 Å². The number of hydrogen-bond donors (Lipinski definition) is 3. The molecule has 0 radical (unpaired) electrons. The summed E-state index contributed by atoms with van der Waals surface area (Å²) in [5.74, 6) is 0. The SMILES string of the molecule is CCCCCCCCCCCO.N=[N+]=N. The molecule has 0 aliphatic carbocycles. The Morgan fingerprint density at radius 2 is 1.13 bits per heavy atom. The smallest absolute Gasteiger partial charge is 0.211 e. The fourth-order valence-corrected chi connectivity index (χ4v) is 1.42. The zero-order chi connectivity index (χ0) is 11.8.